The Balaban J connectivity index is 1.73. The molecule has 0 amide bonds. The van der Waals surface area contributed by atoms with Crippen molar-refractivity contribution in [1.29, 1.82) is 0 Å². The molecule has 0 saturated heterocycles. The molecule has 0 saturated carbocycles. The van der Waals surface area contributed by atoms with E-state index < -0.39 is 0 Å². The Labute approximate surface area is 176 Å². The summed E-state index contributed by atoms with van der Waals surface area (Å²) in [5.74, 6) is 0. The number of benzene rings is 3. The SMILES string of the molecule is S=C(Nc1cc(Cl)cc(Cl)c1)Nc1ccccc1Sc1ccc(Cl)cc1. The van der Waals surface area contributed by atoms with Crippen LogP contribution in [0.3, 0.4) is 0 Å². The van der Waals surface area contributed by atoms with Crippen LogP contribution in [0.15, 0.2) is 76.5 Å². The summed E-state index contributed by atoms with van der Waals surface area (Å²) < 4.78 is 0. The summed E-state index contributed by atoms with van der Waals surface area (Å²) >= 11 is 25.0. The standard InChI is InChI=1S/C19H13Cl3N2S2/c20-12-5-7-16(8-6-12)26-18-4-2-1-3-17(18)24-19(25)23-15-10-13(21)9-14(22)11-15/h1-11H,(H2,23,24,25). The zero-order valence-electron chi connectivity index (χ0n) is 13.3. The predicted octanol–water partition coefficient (Wildman–Crippen LogP) is 7.61. The monoisotopic (exact) mass is 438 g/mol. The molecule has 0 aliphatic rings. The van der Waals surface area contributed by atoms with Gasteiger partial charge in [-0.25, -0.2) is 0 Å². The first-order valence-corrected chi connectivity index (χ1v) is 9.92. The third kappa shape index (κ3) is 5.53. The van der Waals surface area contributed by atoms with Gasteiger partial charge in [-0.1, -0.05) is 58.7 Å². The molecule has 132 valence electrons. The van der Waals surface area contributed by atoms with E-state index in [-0.39, 0.29) is 0 Å². The molecule has 0 aliphatic heterocycles. The minimum absolute atomic E-state index is 0.451. The van der Waals surface area contributed by atoms with Crippen molar-refractivity contribution < 1.29 is 0 Å². The van der Waals surface area contributed by atoms with Crippen LogP contribution >= 0.6 is 58.8 Å². The molecule has 0 spiro atoms. The number of hydrogen-bond acceptors (Lipinski definition) is 2. The highest BCUT2D eigenvalue weighted by Crippen LogP contribution is 2.34. The van der Waals surface area contributed by atoms with E-state index in [1.54, 1.807) is 30.0 Å². The Bertz CT molecular complexity index is 910. The molecule has 0 fully saturated rings. The van der Waals surface area contributed by atoms with E-state index in [1.165, 1.54) is 0 Å². The van der Waals surface area contributed by atoms with Crippen LogP contribution in [0.25, 0.3) is 0 Å². The second-order valence-electron chi connectivity index (χ2n) is 5.29. The smallest absolute Gasteiger partial charge is 0.175 e. The molecule has 26 heavy (non-hydrogen) atoms. The van der Waals surface area contributed by atoms with Crippen molar-refractivity contribution >= 4 is 75.3 Å². The average Bonchev–Trinajstić information content (AvgIpc) is 2.57. The number of thiocarbonyl (C=S) groups is 1. The Morgan fingerprint density at radius 3 is 2.12 bits per heavy atom. The lowest BCUT2D eigenvalue weighted by Gasteiger charge is -2.14. The van der Waals surface area contributed by atoms with Crippen LogP contribution in [0.2, 0.25) is 15.1 Å². The molecule has 0 heterocycles. The second kappa shape index (κ2) is 8.98. The quantitative estimate of drug-likeness (QED) is 0.408. The van der Waals surface area contributed by atoms with Gasteiger partial charge in [-0.05, 0) is 66.8 Å². The maximum atomic E-state index is 6.02. The summed E-state index contributed by atoms with van der Waals surface area (Å²) in [4.78, 5) is 2.13. The summed E-state index contributed by atoms with van der Waals surface area (Å²) in [5, 5.41) is 8.56. The largest absolute Gasteiger partial charge is 0.332 e. The van der Waals surface area contributed by atoms with Crippen molar-refractivity contribution in [1.82, 2.24) is 0 Å². The van der Waals surface area contributed by atoms with Gasteiger partial charge < -0.3 is 10.6 Å². The van der Waals surface area contributed by atoms with E-state index in [9.17, 15) is 0 Å². The second-order valence-corrected chi connectivity index (χ2v) is 8.12. The molecular weight excluding hydrogens is 427 g/mol. The third-order valence-electron chi connectivity index (χ3n) is 3.30. The highest BCUT2D eigenvalue weighted by molar-refractivity contribution is 7.99. The van der Waals surface area contributed by atoms with Crippen LogP contribution in [-0.2, 0) is 0 Å². The Morgan fingerprint density at radius 1 is 0.769 bits per heavy atom. The summed E-state index contributed by atoms with van der Waals surface area (Å²) in [5.41, 5.74) is 1.63. The van der Waals surface area contributed by atoms with Crippen molar-refractivity contribution in [2.45, 2.75) is 9.79 Å². The van der Waals surface area contributed by atoms with Crippen LogP contribution in [0.1, 0.15) is 0 Å². The molecule has 0 aliphatic carbocycles. The number of rotatable bonds is 4. The third-order valence-corrected chi connectivity index (χ3v) is 5.27. The molecule has 0 radical (unpaired) electrons. The van der Waals surface area contributed by atoms with Crippen molar-refractivity contribution in [3.05, 3.63) is 81.8 Å². The number of para-hydroxylation sites is 1. The van der Waals surface area contributed by atoms with E-state index in [4.69, 9.17) is 47.0 Å². The fourth-order valence-electron chi connectivity index (χ4n) is 2.20. The maximum absolute atomic E-state index is 6.02. The van der Waals surface area contributed by atoms with Gasteiger partial charge >= 0.3 is 0 Å². The Morgan fingerprint density at radius 2 is 1.42 bits per heavy atom. The Kier molecular flexibility index (Phi) is 6.68. The first-order chi connectivity index (χ1) is 12.5. The van der Waals surface area contributed by atoms with Crippen LogP contribution in [0.4, 0.5) is 11.4 Å². The fraction of sp³-hybridized carbons (Fsp3) is 0. The van der Waals surface area contributed by atoms with Crippen molar-refractivity contribution in [2.24, 2.45) is 0 Å². The first-order valence-electron chi connectivity index (χ1n) is 7.56. The molecule has 0 bridgehead atoms. The average molecular weight is 440 g/mol. The van der Waals surface area contributed by atoms with Crippen LogP contribution in [-0.4, -0.2) is 5.11 Å². The van der Waals surface area contributed by atoms with Gasteiger partial charge in [0.2, 0.25) is 0 Å². The minimum atomic E-state index is 0.451. The summed E-state index contributed by atoms with van der Waals surface area (Å²) in [7, 11) is 0. The summed E-state index contributed by atoms with van der Waals surface area (Å²) in [6.45, 7) is 0. The maximum Gasteiger partial charge on any atom is 0.175 e. The predicted molar refractivity (Wildman–Crippen MR) is 118 cm³/mol. The van der Waals surface area contributed by atoms with Crippen LogP contribution in [0.5, 0.6) is 0 Å². The number of nitrogens with one attached hydrogen (secondary N) is 2. The van der Waals surface area contributed by atoms with Gasteiger partial charge in [-0.2, -0.15) is 0 Å². The van der Waals surface area contributed by atoms with Crippen LogP contribution < -0.4 is 10.6 Å². The lowest BCUT2D eigenvalue weighted by molar-refractivity contribution is 1.40. The normalized spacial score (nSPS) is 10.4. The van der Waals surface area contributed by atoms with Crippen LogP contribution in [0, 0.1) is 0 Å². The molecule has 3 aromatic carbocycles. The van der Waals surface area contributed by atoms with Crippen molar-refractivity contribution in [3.63, 3.8) is 0 Å². The molecule has 2 nitrogen and oxygen atoms in total. The summed E-state index contributed by atoms with van der Waals surface area (Å²) in [6.07, 6.45) is 0. The fourth-order valence-corrected chi connectivity index (χ4v) is 3.98. The molecule has 0 aromatic heterocycles. The van der Waals surface area contributed by atoms with Gasteiger partial charge in [-0.15, -0.1) is 0 Å². The number of halogens is 3. The molecule has 2 N–H and O–H groups in total. The lowest BCUT2D eigenvalue weighted by atomic mass is 10.3. The van der Waals surface area contributed by atoms with Gasteiger partial charge in [0.25, 0.3) is 0 Å². The van der Waals surface area contributed by atoms with Gasteiger partial charge in [0.05, 0.1) is 5.69 Å². The van der Waals surface area contributed by atoms with Crippen molar-refractivity contribution in [2.75, 3.05) is 10.6 Å². The van der Waals surface area contributed by atoms with Gasteiger partial charge in [0.1, 0.15) is 0 Å². The minimum Gasteiger partial charge on any atom is -0.332 e. The van der Waals surface area contributed by atoms with Gasteiger partial charge in [0.15, 0.2) is 5.11 Å². The van der Waals surface area contributed by atoms with E-state index in [1.807, 2.05) is 48.5 Å². The molecule has 0 atom stereocenters. The number of anilines is 2. The van der Waals surface area contributed by atoms with E-state index in [0.717, 1.165) is 21.2 Å². The van der Waals surface area contributed by atoms with Crippen molar-refractivity contribution in [3.8, 4) is 0 Å². The summed E-state index contributed by atoms with van der Waals surface area (Å²) in [6, 6.07) is 20.8. The zero-order valence-corrected chi connectivity index (χ0v) is 17.2. The lowest BCUT2D eigenvalue weighted by Crippen LogP contribution is -2.19. The van der Waals surface area contributed by atoms with E-state index in [0.29, 0.717) is 20.2 Å². The topological polar surface area (TPSA) is 24.1 Å². The van der Waals surface area contributed by atoms with E-state index in [2.05, 4.69) is 10.6 Å². The molecule has 3 rings (SSSR count). The first kappa shape index (κ1) is 19.3. The molecule has 0 unspecified atom stereocenters. The molecule has 3 aromatic rings. The molecular formula is C19H13Cl3N2S2. The highest BCUT2D eigenvalue weighted by Gasteiger charge is 2.07. The van der Waals surface area contributed by atoms with E-state index >= 15 is 0 Å². The van der Waals surface area contributed by atoms with Gasteiger partial charge in [0, 0.05) is 30.5 Å². The number of hydrogen-bond donors (Lipinski definition) is 2. The zero-order chi connectivity index (χ0) is 18.5. The molecule has 7 heteroatoms. The van der Waals surface area contributed by atoms with Gasteiger partial charge in [-0.3, -0.25) is 0 Å². The highest BCUT2D eigenvalue weighted by atomic mass is 35.5. The Hall–Kier alpha value is -1.43.